The molecule has 0 saturated carbocycles. The molecule has 10 nitrogen and oxygen atoms in total. The molecule has 288 valence electrons. The highest BCUT2D eigenvalue weighted by Gasteiger charge is 2.32. The largest absolute Gasteiger partial charge is 0.491 e. The third kappa shape index (κ3) is 14.1. The Hall–Kier alpha value is -4.46. The summed E-state index contributed by atoms with van der Waals surface area (Å²) in [5.74, 6) is 5.92. The molecule has 2 saturated heterocycles. The summed E-state index contributed by atoms with van der Waals surface area (Å²) in [4.78, 5) is 60.7. The average molecular weight is 734 g/mol. The first-order valence-corrected chi connectivity index (χ1v) is 18.8. The van der Waals surface area contributed by atoms with Gasteiger partial charge in [-0.1, -0.05) is 17.9 Å². The van der Waals surface area contributed by atoms with Gasteiger partial charge in [0.2, 0.25) is 5.91 Å². The van der Waals surface area contributed by atoms with Gasteiger partial charge in [0.05, 0.1) is 6.42 Å². The van der Waals surface area contributed by atoms with Crippen LogP contribution in [0.5, 0.6) is 5.75 Å². The SMILES string of the molecule is CC(C)(C)OC(=O)C[C@H](CC(=O)[C@@H]1CCCN(C(=O)CCC2CCN(C(=O)OC(C)(C)C)CC2)C1)c1cncc(C#Cc2cccc(OCCF)c2)c1. The van der Waals surface area contributed by atoms with Crippen molar-refractivity contribution < 1.29 is 37.8 Å². The Morgan fingerprint density at radius 3 is 2.30 bits per heavy atom. The summed E-state index contributed by atoms with van der Waals surface area (Å²) in [5, 5.41) is 0. The average Bonchev–Trinajstić information content (AvgIpc) is 3.11. The quantitative estimate of drug-likeness (QED) is 0.165. The number of ketones is 1. The molecule has 2 fully saturated rings. The standard InChI is InChI=1S/C42H56FN3O7/c1-41(2,3)52-39(49)26-34(35-23-32(27-44-28-35)13-12-31-9-7-11-36(24-31)51-22-18-43)25-37(47)33-10-8-19-46(29-33)38(48)15-14-30-16-20-45(21-17-30)40(50)53-42(4,5)6/h7,9,11,23-24,27-28,30,33-34H,8,10,14-22,25-26,29H2,1-6H3/t33-,34+/m1/s1. The Labute approximate surface area is 314 Å². The van der Waals surface area contributed by atoms with Crippen LogP contribution in [0.3, 0.4) is 0 Å². The first kappa shape index (κ1) is 41.3. The van der Waals surface area contributed by atoms with Gasteiger partial charge in [0.1, 0.15) is 36.0 Å². The first-order chi connectivity index (χ1) is 25.1. The number of benzene rings is 1. The van der Waals surface area contributed by atoms with Crippen LogP contribution in [0.4, 0.5) is 9.18 Å². The minimum atomic E-state index is -0.682. The molecule has 2 atom stereocenters. The normalized spacial score (nSPS) is 17.3. The van der Waals surface area contributed by atoms with Gasteiger partial charge in [0.15, 0.2) is 0 Å². The van der Waals surface area contributed by atoms with Crippen molar-refractivity contribution in [1.29, 1.82) is 0 Å². The number of likely N-dealkylation sites (tertiary alicyclic amines) is 2. The van der Waals surface area contributed by atoms with Crippen LogP contribution < -0.4 is 4.74 Å². The monoisotopic (exact) mass is 733 g/mol. The fourth-order valence-corrected chi connectivity index (χ4v) is 6.70. The number of hydrogen-bond donors (Lipinski definition) is 0. The zero-order chi connectivity index (χ0) is 38.6. The van der Waals surface area contributed by atoms with E-state index in [1.807, 2.05) is 37.8 Å². The van der Waals surface area contributed by atoms with E-state index in [2.05, 4.69) is 16.8 Å². The zero-order valence-electron chi connectivity index (χ0n) is 32.3. The van der Waals surface area contributed by atoms with Crippen LogP contribution in [0.2, 0.25) is 0 Å². The molecule has 2 aromatic rings. The second-order valence-electron chi connectivity index (χ2n) is 16.1. The predicted octanol–water partition coefficient (Wildman–Crippen LogP) is 7.27. The van der Waals surface area contributed by atoms with E-state index in [0.29, 0.717) is 67.4 Å². The smallest absolute Gasteiger partial charge is 0.410 e. The Morgan fingerprint density at radius 2 is 1.60 bits per heavy atom. The van der Waals surface area contributed by atoms with Crippen LogP contribution in [0.15, 0.2) is 42.7 Å². The fraction of sp³-hybridized carbons (Fsp3) is 0.595. The fourth-order valence-electron chi connectivity index (χ4n) is 6.70. The number of nitrogens with zero attached hydrogens (tertiary/aromatic N) is 3. The summed E-state index contributed by atoms with van der Waals surface area (Å²) >= 11 is 0. The van der Waals surface area contributed by atoms with Crippen molar-refractivity contribution in [2.75, 3.05) is 39.5 Å². The third-order valence-electron chi connectivity index (χ3n) is 9.30. The van der Waals surface area contributed by atoms with Crippen LogP contribution in [0, 0.1) is 23.7 Å². The van der Waals surface area contributed by atoms with E-state index in [1.165, 1.54) is 0 Å². The summed E-state index contributed by atoms with van der Waals surface area (Å²) in [6.07, 6.45) is 7.34. The van der Waals surface area contributed by atoms with Crippen molar-refractivity contribution in [3.63, 3.8) is 0 Å². The number of aromatic nitrogens is 1. The Balaban J connectivity index is 1.37. The van der Waals surface area contributed by atoms with Gasteiger partial charge in [0.25, 0.3) is 0 Å². The minimum absolute atomic E-state index is 0.00234. The van der Waals surface area contributed by atoms with E-state index in [4.69, 9.17) is 14.2 Å². The molecule has 0 unspecified atom stereocenters. The maximum absolute atomic E-state index is 13.9. The number of carbonyl (C=O) groups is 4. The van der Waals surface area contributed by atoms with E-state index in [-0.39, 0.29) is 43.2 Å². The molecular weight excluding hydrogens is 677 g/mol. The van der Waals surface area contributed by atoms with Crippen LogP contribution >= 0.6 is 0 Å². The lowest BCUT2D eigenvalue weighted by atomic mass is 9.84. The second-order valence-corrected chi connectivity index (χ2v) is 16.1. The van der Waals surface area contributed by atoms with Crippen molar-refractivity contribution in [3.8, 4) is 17.6 Å². The van der Waals surface area contributed by atoms with E-state index in [9.17, 15) is 23.6 Å². The highest BCUT2D eigenvalue weighted by molar-refractivity contribution is 5.84. The van der Waals surface area contributed by atoms with Crippen molar-refractivity contribution >= 4 is 23.8 Å². The summed E-state index contributed by atoms with van der Waals surface area (Å²) < 4.78 is 29.1. The summed E-state index contributed by atoms with van der Waals surface area (Å²) in [6.45, 7) is 12.6. The zero-order valence-corrected chi connectivity index (χ0v) is 32.3. The molecule has 11 heteroatoms. The van der Waals surface area contributed by atoms with Crippen LogP contribution in [0.1, 0.15) is 116 Å². The van der Waals surface area contributed by atoms with Gasteiger partial charge in [-0.15, -0.1) is 0 Å². The number of esters is 1. The lowest BCUT2D eigenvalue weighted by Crippen LogP contribution is -2.43. The van der Waals surface area contributed by atoms with Crippen molar-refractivity contribution in [3.05, 3.63) is 59.4 Å². The number of halogens is 1. The molecule has 4 rings (SSSR count). The molecule has 2 amide bonds. The number of piperidine rings is 2. The van der Waals surface area contributed by atoms with E-state index in [0.717, 1.165) is 25.7 Å². The molecule has 0 spiro atoms. The van der Waals surface area contributed by atoms with Gasteiger partial charge in [-0.25, -0.2) is 9.18 Å². The van der Waals surface area contributed by atoms with E-state index in [1.54, 1.807) is 56.3 Å². The molecule has 0 radical (unpaired) electrons. The number of hydrogen-bond acceptors (Lipinski definition) is 8. The minimum Gasteiger partial charge on any atom is -0.491 e. The Morgan fingerprint density at radius 1 is 0.887 bits per heavy atom. The molecule has 53 heavy (non-hydrogen) atoms. The van der Waals surface area contributed by atoms with E-state index >= 15 is 0 Å². The molecular formula is C42H56FN3O7. The molecule has 0 bridgehead atoms. The molecule has 0 aliphatic carbocycles. The van der Waals surface area contributed by atoms with Gasteiger partial charge < -0.3 is 24.0 Å². The number of rotatable bonds is 12. The molecule has 2 aliphatic heterocycles. The Kier molecular flexibility index (Phi) is 14.8. The molecule has 3 heterocycles. The lowest BCUT2D eigenvalue weighted by molar-refractivity contribution is -0.155. The van der Waals surface area contributed by atoms with Crippen LogP contribution in [-0.2, 0) is 23.9 Å². The van der Waals surface area contributed by atoms with Crippen molar-refractivity contribution in [2.24, 2.45) is 11.8 Å². The number of ether oxygens (including phenoxy) is 3. The number of Topliss-reactive ketones (excluding diaryl/α,β-unsaturated/α-hetero) is 1. The third-order valence-corrected chi connectivity index (χ3v) is 9.30. The summed E-state index contributed by atoms with van der Waals surface area (Å²) in [6, 6.07) is 8.93. The predicted molar refractivity (Wildman–Crippen MR) is 200 cm³/mol. The number of amides is 2. The highest BCUT2D eigenvalue weighted by Crippen LogP contribution is 2.30. The Bertz CT molecular complexity index is 1630. The summed E-state index contributed by atoms with van der Waals surface area (Å²) in [7, 11) is 0. The van der Waals surface area contributed by atoms with Gasteiger partial charge in [-0.2, -0.15) is 0 Å². The van der Waals surface area contributed by atoms with Crippen LogP contribution in [-0.4, -0.2) is 89.2 Å². The molecule has 0 N–H and O–H groups in total. The van der Waals surface area contributed by atoms with Crippen LogP contribution in [0.25, 0.3) is 0 Å². The lowest BCUT2D eigenvalue weighted by Gasteiger charge is -2.35. The van der Waals surface area contributed by atoms with Crippen molar-refractivity contribution in [1.82, 2.24) is 14.8 Å². The number of carbonyl (C=O) groups excluding carboxylic acids is 4. The van der Waals surface area contributed by atoms with Gasteiger partial charge in [-0.05, 0) is 109 Å². The molecule has 2 aliphatic rings. The summed E-state index contributed by atoms with van der Waals surface area (Å²) in [5.41, 5.74) is 0.794. The van der Waals surface area contributed by atoms with E-state index < -0.39 is 29.8 Å². The number of pyridine rings is 1. The first-order valence-electron chi connectivity index (χ1n) is 18.8. The van der Waals surface area contributed by atoms with Gasteiger partial charge >= 0.3 is 12.1 Å². The van der Waals surface area contributed by atoms with Gasteiger partial charge in [0, 0.05) is 74.4 Å². The second kappa shape index (κ2) is 19.0. The molecule has 1 aromatic carbocycles. The van der Waals surface area contributed by atoms with Gasteiger partial charge in [-0.3, -0.25) is 19.4 Å². The molecule has 1 aromatic heterocycles. The number of alkyl halides is 1. The topological polar surface area (TPSA) is 115 Å². The van der Waals surface area contributed by atoms with Crippen molar-refractivity contribution in [2.45, 2.75) is 110 Å². The highest BCUT2D eigenvalue weighted by atomic mass is 19.1. The maximum atomic E-state index is 13.9. The maximum Gasteiger partial charge on any atom is 0.410 e.